The van der Waals surface area contributed by atoms with Gasteiger partial charge in [-0.05, 0) is 66.7 Å². The van der Waals surface area contributed by atoms with Crippen LogP contribution in [0, 0.1) is 6.92 Å². The van der Waals surface area contributed by atoms with Crippen molar-refractivity contribution in [3.05, 3.63) is 70.2 Å². The predicted octanol–water partition coefficient (Wildman–Crippen LogP) is 2.52. The number of aromatic hydroxyl groups is 1. The van der Waals surface area contributed by atoms with Gasteiger partial charge < -0.3 is 26.6 Å². The molecule has 188 valence electrons. The Bertz CT molecular complexity index is 1270. The molecule has 0 saturated carbocycles. The van der Waals surface area contributed by atoms with Crippen LogP contribution in [0.15, 0.2) is 48.5 Å². The average molecular weight is 510 g/mol. The fourth-order valence-corrected chi connectivity index (χ4v) is 4.83. The third kappa shape index (κ3) is 5.31. The Labute approximate surface area is 212 Å². The Hall–Kier alpha value is -3.96. The minimum atomic E-state index is -1.13. The number of benzene rings is 2. The number of carbonyl (C=O) groups is 3. The summed E-state index contributed by atoms with van der Waals surface area (Å²) in [6.07, 6.45) is 1.65. The molecule has 1 aliphatic rings. The average Bonchev–Trinajstić information content (AvgIpc) is 3.51. The second kappa shape index (κ2) is 10.8. The number of amides is 3. The number of aromatic nitrogens is 1. The van der Waals surface area contributed by atoms with Crippen LogP contribution in [0.1, 0.15) is 50.2 Å². The van der Waals surface area contributed by atoms with E-state index in [0.29, 0.717) is 17.9 Å². The third-order valence-electron chi connectivity index (χ3n) is 5.90. The van der Waals surface area contributed by atoms with E-state index in [1.54, 1.807) is 30.3 Å². The number of aryl methyl sites for hydroxylation is 1. The maximum atomic E-state index is 14.0. The van der Waals surface area contributed by atoms with Crippen LogP contribution in [-0.4, -0.2) is 46.5 Å². The van der Waals surface area contributed by atoms with Gasteiger partial charge in [-0.15, -0.1) is 0 Å². The van der Waals surface area contributed by atoms with E-state index in [2.05, 4.69) is 9.69 Å². The normalized spacial score (nSPS) is 15.9. The Morgan fingerprint density at radius 2 is 2.00 bits per heavy atom. The molecule has 3 amide bonds. The highest BCUT2D eigenvalue weighted by Crippen LogP contribution is 2.34. The molecule has 0 radical (unpaired) electrons. The summed E-state index contributed by atoms with van der Waals surface area (Å²) in [6, 6.07) is 12.0. The minimum absolute atomic E-state index is 0.0130. The van der Waals surface area contributed by atoms with Gasteiger partial charge in [-0.2, -0.15) is 4.37 Å². The van der Waals surface area contributed by atoms with Gasteiger partial charge in [0.1, 0.15) is 16.7 Å². The smallest absolute Gasteiger partial charge is 0.273 e. The van der Waals surface area contributed by atoms with Gasteiger partial charge in [0.2, 0.25) is 5.91 Å². The molecule has 0 aliphatic carbocycles. The van der Waals surface area contributed by atoms with E-state index in [9.17, 15) is 19.5 Å². The summed E-state index contributed by atoms with van der Waals surface area (Å²) in [5.41, 5.74) is 12.9. The number of carbonyl (C=O) groups excluding carboxylic acids is 3. The third-order valence-corrected chi connectivity index (χ3v) is 6.75. The number of nitrogens with two attached hydrogens (primary N) is 2. The maximum Gasteiger partial charge on any atom is 0.273 e. The van der Waals surface area contributed by atoms with Crippen LogP contribution < -0.4 is 21.7 Å². The number of nitrogens with one attached hydrogen (secondary N) is 1. The molecule has 0 spiro atoms. The monoisotopic (exact) mass is 509 g/mol. The van der Waals surface area contributed by atoms with Gasteiger partial charge >= 0.3 is 0 Å². The molecule has 6 N–H and O–H groups in total. The number of nitrogens with zero attached hydrogens (tertiary/aromatic N) is 2. The summed E-state index contributed by atoms with van der Waals surface area (Å²) in [4.78, 5) is 40.7. The largest absolute Gasteiger partial charge is 0.508 e. The number of phenolic OH excluding ortho intramolecular Hbond substituents is 1. The predicted molar refractivity (Wildman–Crippen MR) is 136 cm³/mol. The molecule has 10 nitrogen and oxygen atoms in total. The summed E-state index contributed by atoms with van der Waals surface area (Å²) in [5, 5.41) is 12.7. The lowest BCUT2D eigenvalue weighted by molar-refractivity contribution is -0.123. The topological polar surface area (TPSA) is 161 Å². The van der Waals surface area contributed by atoms with Gasteiger partial charge in [0.05, 0.1) is 11.8 Å². The zero-order valence-electron chi connectivity index (χ0n) is 19.6. The first kappa shape index (κ1) is 25.1. The molecule has 2 heterocycles. The summed E-state index contributed by atoms with van der Waals surface area (Å²) < 4.78 is 9.58. The van der Waals surface area contributed by atoms with Crippen LogP contribution in [-0.2, 0) is 9.53 Å². The molecular weight excluding hydrogens is 482 g/mol. The van der Waals surface area contributed by atoms with Gasteiger partial charge in [0.15, 0.2) is 5.69 Å². The maximum absolute atomic E-state index is 14.0. The van der Waals surface area contributed by atoms with Crippen LogP contribution in [0.3, 0.4) is 0 Å². The highest BCUT2D eigenvalue weighted by Gasteiger charge is 2.36. The second-order valence-corrected chi connectivity index (χ2v) is 9.30. The Morgan fingerprint density at radius 1 is 1.25 bits per heavy atom. The van der Waals surface area contributed by atoms with Crippen LogP contribution in [0.5, 0.6) is 5.75 Å². The lowest BCUT2D eigenvalue weighted by atomic mass is 10.0. The molecule has 1 saturated heterocycles. The van der Waals surface area contributed by atoms with Crippen LogP contribution in [0.2, 0.25) is 0 Å². The van der Waals surface area contributed by atoms with Crippen molar-refractivity contribution in [1.29, 1.82) is 0 Å². The summed E-state index contributed by atoms with van der Waals surface area (Å²) >= 11 is 0.742. The van der Waals surface area contributed by atoms with E-state index >= 15 is 0 Å². The Balaban J connectivity index is 1.80. The first-order valence-corrected chi connectivity index (χ1v) is 12.2. The minimum Gasteiger partial charge on any atom is -0.508 e. The van der Waals surface area contributed by atoms with E-state index in [1.807, 2.05) is 13.0 Å². The van der Waals surface area contributed by atoms with Gasteiger partial charge in [-0.25, -0.2) is 0 Å². The molecule has 2 aromatic carbocycles. The quantitative estimate of drug-likeness (QED) is 0.363. The SMILES string of the molecule is Cc1cccc(N(C(=O)c2snc(C(N)=O)c2N)[C@H](C(=O)NC[C@@H]2CCCO2)c2ccc(O)cc2)c1. The number of ether oxygens (including phenoxy) is 1. The molecule has 3 aromatic rings. The fraction of sp³-hybridized carbons (Fsp3) is 0.280. The first-order valence-electron chi connectivity index (χ1n) is 11.4. The van der Waals surface area contributed by atoms with Crippen molar-refractivity contribution >= 4 is 40.6 Å². The Kier molecular flexibility index (Phi) is 7.51. The molecule has 36 heavy (non-hydrogen) atoms. The van der Waals surface area contributed by atoms with Crippen molar-refractivity contribution in [2.45, 2.75) is 31.9 Å². The van der Waals surface area contributed by atoms with E-state index in [0.717, 1.165) is 29.9 Å². The number of phenols is 1. The number of nitrogen functional groups attached to an aromatic ring is 1. The second-order valence-electron chi connectivity index (χ2n) is 8.53. The highest BCUT2D eigenvalue weighted by molar-refractivity contribution is 7.09. The van der Waals surface area contributed by atoms with Gasteiger partial charge in [-0.3, -0.25) is 19.3 Å². The lowest BCUT2D eigenvalue weighted by Crippen LogP contribution is -2.45. The fourth-order valence-electron chi connectivity index (χ4n) is 4.09. The van der Waals surface area contributed by atoms with Crippen molar-refractivity contribution in [2.75, 3.05) is 23.8 Å². The highest BCUT2D eigenvalue weighted by atomic mass is 32.1. The van der Waals surface area contributed by atoms with E-state index < -0.39 is 23.8 Å². The van der Waals surface area contributed by atoms with Gasteiger partial charge in [0, 0.05) is 18.8 Å². The number of rotatable bonds is 8. The molecule has 11 heteroatoms. The molecular formula is C25H27N5O5S. The molecule has 0 bridgehead atoms. The summed E-state index contributed by atoms with van der Waals surface area (Å²) in [5.74, 6) is -1.89. The number of hydrogen-bond acceptors (Lipinski definition) is 8. The van der Waals surface area contributed by atoms with Crippen molar-refractivity contribution in [3.63, 3.8) is 0 Å². The van der Waals surface area contributed by atoms with Gasteiger partial charge in [0.25, 0.3) is 11.8 Å². The number of primary amides is 1. The standard InChI is InChI=1S/C25H27N5O5S/c1-14-4-2-5-16(12-14)30(25(34)22-19(26)20(23(27)32)29-36-22)21(15-7-9-17(31)10-8-15)24(33)28-13-18-6-3-11-35-18/h2,4-5,7-10,12,18,21,31H,3,6,11,13,26H2,1H3,(H2,27,32)(H,28,33)/t18-,21-/m0/s1. The Morgan fingerprint density at radius 3 is 2.61 bits per heavy atom. The molecule has 2 atom stereocenters. The molecule has 0 unspecified atom stereocenters. The van der Waals surface area contributed by atoms with E-state index in [-0.39, 0.29) is 34.7 Å². The van der Waals surface area contributed by atoms with Crippen LogP contribution in [0.4, 0.5) is 11.4 Å². The summed E-state index contributed by atoms with van der Waals surface area (Å²) in [6.45, 7) is 2.80. The first-order chi connectivity index (χ1) is 17.3. The molecule has 1 aromatic heterocycles. The molecule has 1 fully saturated rings. The number of anilines is 2. The summed E-state index contributed by atoms with van der Waals surface area (Å²) in [7, 11) is 0. The van der Waals surface area contributed by atoms with E-state index in [1.165, 1.54) is 17.0 Å². The number of hydrogen-bond donors (Lipinski definition) is 4. The van der Waals surface area contributed by atoms with Gasteiger partial charge in [-0.1, -0.05) is 24.3 Å². The van der Waals surface area contributed by atoms with Crippen molar-refractivity contribution < 1.29 is 24.2 Å². The lowest BCUT2D eigenvalue weighted by Gasteiger charge is -2.31. The zero-order valence-corrected chi connectivity index (χ0v) is 20.5. The van der Waals surface area contributed by atoms with Crippen LogP contribution in [0.25, 0.3) is 0 Å². The zero-order chi connectivity index (χ0) is 25.8. The van der Waals surface area contributed by atoms with Crippen molar-refractivity contribution in [3.8, 4) is 5.75 Å². The molecule has 1 aliphatic heterocycles. The van der Waals surface area contributed by atoms with E-state index in [4.69, 9.17) is 16.2 Å². The van der Waals surface area contributed by atoms with Crippen molar-refractivity contribution in [1.82, 2.24) is 9.69 Å². The molecule has 4 rings (SSSR count). The van der Waals surface area contributed by atoms with Crippen LogP contribution >= 0.6 is 11.5 Å². The van der Waals surface area contributed by atoms with Crippen molar-refractivity contribution in [2.24, 2.45) is 5.73 Å².